The van der Waals surface area contributed by atoms with Crippen LogP contribution in [0.25, 0.3) is 0 Å². The average molecular weight is 427 g/mol. The second kappa shape index (κ2) is 11.0. The van der Waals surface area contributed by atoms with Crippen molar-refractivity contribution in [3.8, 4) is 17.6 Å². The third-order valence-electron chi connectivity index (χ3n) is 4.24. The molecule has 3 rings (SSSR count). The van der Waals surface area contributed by atoms with Crippen LogP contribution in [0.2, 0.25) is 0 Å². The third-order valence-corrected chi connectivity index (χ3v) is 4.24. The number of hydrogen-bond acceptors (Lipinski definition) is 6. The van der Waals surface area contributed by atoms with Gasteiger partial charge in [-0.15, -0.1) is 0 Å². The smallest absolute Gasteiger partial charge is 0.338 e. The first-order chi connectivity index (χ1) is 15.6. The first-order valence-corrected chi connectivity index (χ1v) is 9.87. The summed E-state index contributed by atoms with van der Waals surface area (Å²) in [5.74, 6) is 0.377. The summed E-state index contributed by atoms with van der Waals surface area (Å²) in [5, 5.41) is 14.9. The van der Waals surface area contributed by atoms with Crippen LogP contribution in [-0.4, -0.2) is 18.5 Å². The number of para-hydroxylation sites is 1. The summed E-state index contributed by atoms with van der Waals surface area (Å²) in [6.45, 7) is 2.01. The van der Waals surface area contributed by atoms with Crippen LogP contribution in [-0.2, 0) is 9.53 Å². The zero-order valence-corrected chi connectivity index (χ0v) is 17.4. The van der Waals surface area contributed by atoms with Crippen LogP contribution in [0.5, 0.6) is 11.5 Å². The van der Waals surface area contributed by atoms with Crippen molar-refractivity contribution < 1.29 is 19.1 Å². The van der Waals surface area contributed by atoms with Crippen molar-refractivity contribution in [2.24, 2.45) is 0 Å². The molecule has 0 atom stereocenters. The lowest BCUT2D eigenvalue weighted by Gasteiger charge is -2.08. The van der Waals surface area contributed by atoms with E-state index in [1.807, 2.05) is 36.4 Å². The van der Waals surface area contributed by atoms with E-state index in [2.05, 4.69) is 10.6 Å². The Morgan fingerprint density at radius 2 is 1.53 bits per heavy atom. The highest BCUT2D eigenvalue weighted by Gasteiger charge is 2.11. The van der Waals surface area contributed by atoms with E-state index in [1.54, 1.807) is 55.5 Å². The van der Waals surface area contributed by atoms with Crippen LogP contribution in [0, 0.1) is 11.3 Å². The van der Waals surface area contributed by atoms with Gasteiger partial charge in [0.25, 0.3) is 5.91 Å². The summed E-state index contributed by atoms with van der Waals surface area (Å²) in [4.78, 5) is 24.1. The number of rotatable bonds is 8. The fraction of sp³-hybridized carbons (Fsp3) is 0.0800. The van der Waals surface area contributed by atoms with Gasteiger partial charge >= 0.3 is 5.97 Å². The lowest BCUT2D eigenvalue weighted by molar-refractivity contribution is -0.112. The molecule has 2 N–H and O–H groups in total. The van der Waals surface area contributed by atoms with Crippen LogP contribution >= 0.6 is 0 Å². The van der Waals surface area contributed by atoms with Crippen LogP contribution in [0.3, 0.4) is 0 Å². The molecule has 160 valence electrons. The Kier molecular flexibility index (Phi) is 7.60. The Labute approximate surface area is 185 Å². The van der Waals surface area contributed by atoms with Crippen LogP contribution in [0.1, 0.15) is 17.3 Å². The van der Waals surface area contributed by atoms with E-state index in [0.29, 0.717) is 22.7 Å². The van der Waals surface area contributed by atoms with E-state index >= 15 is 0 Å². The minimum Gasteiger partial charge on any atom is -0.462 e. The molecular formula is C25H21N3O4. The van der Waals surface area contributed by atoms with Gasteiger partial charge in [0.15, 0.2) is 0 Å². The molecule has 0 unspecified atom stereocenters. The number of nitriles is 1. The van der Waals surface area contributed by atoms with Gasteiger partial charge in [0.1, 0.15) is 23.1 Å². The molecule has 0 aliphatic heterocycles. The maximum absolute atomic E-state index is 12.4. The van der Waals surface area contributed by atoms with E-state index in [9.17, 15) is 14.9 Å². The molecule has 7 heteroatoms. The molecule has 0 aromatic heterocycles. The lowest BCUT2D eigenvalue weighted by Crippen LogP contribution is -2.14. The molecule has 0 spiro atoms. The van der Waals surface area contributed by atoms with Gasteiger partial charge in [-0.05, 0) is 67.6 Å². The van der Waals surface area contributed by atoms with Crippen molar-refractivity contribution in [3.63, 3.8) is 0 Å². The third kappa shape index (κ3) is 6.21. The van der Waals surface area contributed by atoms with Gasteiger partial charge in [0.2, 0.25) is 0 Å². The first-order valence-electron chi connectivity index (χ1n) is 9.87. The van der Waals surface area contributed by atoms with Crippen molar-refractivity contribution in [2.75, 3.05) is 17.2 Å². The maximum Gasteiger partial charge on any atom is 0.338 e. The fourth-order valence-electron chi connectivity index (χ4n) is 2.65. The fourth-order valence-corrected chi connectivity index (χ4v) is 2.65. The van der Waals surface area contributed by atoms with Crippen molar-refractivity contribution in [1.82, 2.24) is 0 Å². The Bertz CT molecular complexity index is 1130. The molecule has 0 saturated carbocycles. The number of nitrogens with zero attached hydrogens (tertiary/aromatic N) is 1. The van der Waals surface area contributed by atoms with Crippen LogP contribution in [0.15, 0.2) is 90.6 Å². The van der Waals surface area contributed by atoms with E-state index in [-0.39, 0.29) is 12.2 Å². The van der Waals surface area contributed by atoms with Gasteiger partial charge in [-0.25, -0.2) is 4.79 Å². The number of amides is 1. The predicted octanol–water partition coefficient (Wildman–Crippen LogP) is 5.11. The number of anilines is 2. The summed E-state index contributed by atoms with van der Waals surface area (Å²) in [6, 6.07) is 24.6. The average Bonchev–Trinajstić information content (AvgIpc) is 2.82. The number of hydrogen-bond donors (Lipinski definition) is 2. The number of carbonyl (C=O) groups excluding carboxylic acids is 2. The predicted molar refractivity (Wildman–Crippen MR) is 121 cm³/mol. The summed E-state index contributed by atoms with van der Waals surface area (Å²) >= 11 is 0. The molecule has 0 saturated heterocycles. The highest BCUT2D eigenvalue weighted by molar-refractivity contribution is 6.06. The molecule has 3 aromatic rings. The van der Waals surface area contributed by atoms with Crippen molar-refractivity contribution >= 4 is 23.3 Å². The van der Waals surface area contributed by atoms with Crippen LogP contribution < -0.4 is 15.4 Å². The highest BCUT2D eigenvalue weighted by Crippen LogP contribution is 2.22. The maximum atomic E-state index is 12.4. The van der Waals surface area contributed by atoms with Gasteiger partial charge in [0, 0.05) is 17.6 Å². The van der Waals surface area contributed by atoms with Gasteiger partial charge in [0.05, 0.1) is 12.2 Å². The quantitative estimate of drug-likeness (QED) is 0.294. The molecule has 0 aliphatic rings. The second-order valence-corrected chi connectivity index (χ2v) is 6.51. The molecule has 0 radical (unpaired) electrons. The summed E-state index contributed by atoms with van der Waals surface area (Å²) < 4.78 is 10.7. The molecule has 3 aromatic carbocycles. The number of benzene rings is 3. The molecule has 0 fully saturated rings. The first kappa shape index (κ1) is 22.1. The summed E-state index contributed by atoms with van der Waals surface area (Å²) in [7, 11) is 0. The Balaban J connectivity index is 1.59. The normalized spacial score (nSPS) is 10.6. The Morgan fingerprint density at radius 1 is 0.906 bits per heavy atom. The second-order valence-electron chi connectivity index (χ2n) is 6.51. The summed E-state index contributed by atoms with van der Waals surface area (Å²) in [5.41, 5.74) is 1.41. The van der Waals surface area contributed by atoms with Crippen molar-refractivity contribution in [3.05, 3.63) is 96.2 Å². The number of ether oxygens (including phenoxy) is 2. The van der Waals surface area contributed by atoms with Gasteiger partial charge in [-0.1, -0.05) is 18.2 Å². The zero-order chi connectivity index (χ0) is 22.8. The standard InChI is InChI=1S/C25H21N3O4/c1-2-31-25(30)18-8-10-21(11-9-18)28-24(29)19(16-26)17-27-20-12-14-23(15-13-20)32-22-6-4-3-5-7-22/h3-15,17,27H,2H2,1H3,(H,28,29)/b19-17-. The van der Waals surface area contributed by atoms with E-state index in [0.717, 1.165) is 5.75 Å². The molecule has 7 nitrogen and oxygen atoms in total. The Hall–Kier alpha value is -4.57. The van der Waals surface area contributed by atoms with E-state index in [4.69, 9.17) is 9.47 Å². The van der Waals surface area contributed by atoms with Gasteiger partial charge < -0.3 is 20.1 Å². The molecule has 0 bridgehead atoms. The number of esters is 1. The number of nitrogens with one attached hydrogen (secondary N) is 2. The monoisotopic (exact) mass is 427 g/mol. The van der Waals surface area contributed by atoms with Crippen molar-refractivity contribution in [1.29, 1.82) is 5.26 Å². The highest BCUT2D eigenvalue weighted by atomic mass is 16.5. The SMILES string of the molecule is CCOC(=O)c1ccc(NC(=O)/C(C#N)=C\Nc2ccc(Oc3ccccc3)cc2)cc1. The van der Waals surface area contributed by atoms with Gasteiger partial charge in [-0.2, -0.15) is 5.26 Å². The van der Waals surface area contributed by atoms with Crippen molar-refractivity contribution in [2.45, 2.75) is 6.92 Å². The minimum atomic E-state index is -0.576. The number of carbonyl (C=O) groups is 2. The molecular weight excluding hydrogens is 406 g/mol. The molecule has 0 aliphatic carbocycles. The topological polar surface area (TPSA) is 100 Å². The van der Waals surface area contributed by atoms with Gasteiger partial charge in [-0.3, -0.25) is 4.79 Å². The summed E-state index contributed by atoms with van der Waals surface area (Å²) in [6.07, 6.45) is 1.33. The molecule has 1 amide bonds. The largest absolute Gasteiger partial charge is 0.462 e. The molecule has 0 heterocycles. The van der Waals surface area contributed by atoms with E-state index < -0.39 is 11.9 Å². The molecule has 32 heavy (non-hydrogen) atoms. The minimum absolute atomic E-state index is 0.107. The Morgan fingerprint density at radius 3 is 2.16 bits per heavy atom. The van der Waals surface area contributed by atoms with Crippen LogP contribution in [0.4, 0.5) is 11.4 Å². The zero-order valence-electron chi connectivity index (χ0n) is 17.4. The van der Waals surface area contributed by atoms with E-state index in [1.165, 1.54) is 6.20 Å². The lowest BCUT2D eigenvalue weighted by atomic mass is 10.2.